The number of phenols is 1. The third-order valence-corrected chi connectivity index (χ3v) is 5.12. The first kappa shape index (κ1) is 29.3. The standard InChI is InChI=1S/C30H13Cl3N2O3/c1-3-5-6-7-8-9-10-11-12-13-14-15-16-17-27(36)35-26-20-25(22(4-2)28(33)30(26)38)34-21-18-23(31)29(37)24(32)19-21/h18-20,37H,4H2,1-2H3,(H,35,36). The maximum Gasteiger partial charge on any atom is 0.301 e. The van der Waals surface area contributed by atoms with Gasteiger partial charge in [-0.15, -0.1) is 0 Å². The van der Waals surface area contributed by atoms with Gasteiger partial charge in [0.25, 0.3) is 0 Å². The van der Waals surface area contributed by atoms with Crippen LogP contribution in [-0.4, -0.2) is 22.5 Å². The molecule has 1 aliphatic rings. The number of hydrogen-bond donors (Lipinski definition) is 2. The first-order valence-electron chi connectivity index (χ1n) is 10.4. The van der Waals surface area contributed by atoms with Gasteiger partial charge in [0.05, 0.1) is 32.2 Å². The number of allylic oxidation sites excluding steroid dienone is 3. The van der Waals surface area contributed by atoms with Gasteiger partial charge in [-0.3, -0.25) is 9.59 Å². The summed E-state index contributed by atoms with van der Waals surface area (Å²) < 4.78 is 0. The summed E-state index contributed by atoms with van der Waals surface area (Å²) in [4.78, 5) is 29.3. The first-order valence-corrected chi connectivity index (χ1v) is 11.6. The topological polar surface area (TPSA) is 78.8 Å². The highest BCUT2D eigenvalue weighted by Crippen LogP contribution is 2.36. The van der Waals surface area contributed by atoms with Crippen molar-refractivity contribution in [3.8, 4) is 88.6 Å². The highest BCUT2D eigenvalue weighted by Gasteiger charge is 2.26. The molecule has 0 fully saturated rings. The Morgan fingerprint density at radius 3 is 1.89 bits per heavy atom. The Morgan fingerprint density at radius 2 is 1.39 bits per heavy atom. The molecule has 0 saturated heterocycles. The number of amides is 1. The molecule has 1 aromatic carbocycles. The van der Waals surface area contributed by atoms with Crippen LogP contribution >= 0.6 is 34.8 Å². The second-order valence-electron chi connectivity index (χ2n) is 6.62. The van der Waals surface area contributed by atoms with E-state index in [1.54, 1.807) is 13.8 Å². The summed E-state index contributed by atoms with van der Waals surface area (Å²) in [6.07, 6.45) is 1.75. The number of Topliss-reactive ketones (excluding diaryl/α,β-unsaturated/α-hetero) is 1. The second-order valence-corrected chi connectivity index (χ2v) is 7.81. The highest BCUT2D eigenvalue weighted by atomic mass is 35.5. The van der Waals surface area contributed by atoms with Crippen molar-refractivity contribution in [2.75, 3.05) is 0 Å². The molecule has 0 saturated carbocycles. The van der Waals surface area contributed by atoms with Gasteiger partial charge in [0.15, 0.2) is 5.75 Å². The van der Waals surface area contributed by atoms with Crippen molar-refractivity contribution >= 4 is 57.9 Å². The van der Waals surface area contributed by atoms with E-state index in [4.69, 9.17) is 34.8 Å². The predicted octanol–water partition coefficient (Wildman–Crippen LogP) is 4.30. The molecule has 0 bridgehead atoms. The molecule has 2 N–H and O–H groups in total. The van der Waals surface area contributed by atoms with Crippen LogP contribution in [0.3, 0.4) is 0 Å². The molecule has 1 aromatic rings. The first-order chi connectivity index (χ1) is 18.3. The van der Waals surface area contributed by atoms with Crippen LogP contribution in [0.25, 0.3) is 0 Å². The molecule has 0 aliphatic heterocycles. The second kappa shape index (κ2) is 15.3. The molecule has 8 heteroatoms. The zero-order valence-corrected chi connectivity index (χ0v) is 22.1. The van der Waals surface area contributed by atoms with E-state index in [0.29, 0.717) is 23.4 Å². The quantitative estimate of drug-likeness (QED) is 0.431. The zero-order valence-electron chi connectivity index (χ0n) is 19.8. The summed E-state index contributed by atoms with van der Waals surface area (Å²) in [7, 11) is 0. The maximum atomic E-state index is 12.6. The van der Waals surface area contributed by atoms with Crippen LogP contribution < -0.4 is 5.32 Å². The lowest BCUT2D eigenvalue weighted by Crippen LogP contribution is -2.30. The number of rotatable bonds is 3. The predicted molar refractivity (Wildman–Crippen MR) is 150 cm³/mol. The van der Waals surface area contributed by atoms with E-state index in [2.05, 4.69) is 93.2 Å². The number of carbonyl (C=O) groups excluding carboxylic acids is 2. The number of aliphatic imine (C=N–C) groups is 1. The fourth-order valence-electron chi connectivity index (χ4n) is 2.56. The summed E-state index contributed by atoms with van der Waals surface area (Å²) in [5, 5.41) is 12.0. The van der Waals surface area contributed by atoms with Crippen LogP contribution in [0.1, 0.15) is 20.3 Å². The van der Waals surface area contributed by atoms with E-state index in [1.165, 1.54) is 18.2 Å². The van der Waals surface area contributed by atoms with Crippen LogP contribution in [-0.2, 0) is 9.59 Å². The number of aromatic hydroxyl groups is 1. The molecule has 0 spiro atoms. The molecule has 2 rings (SSSR count). The summed E-state index contributed by atoms with van der Waals surface area (Å²) >= 11 is 18.2. The van der Waals surface area contributed by atoms with E-state index < -0.39 is 11.7 Å². The number of hydrogen-bond acceptors (Lipinski definition) is 4. The van der Waals surface area contributed by atoms with E-state index in [1.807, 2.05) is 0 Å². The smallest absolute Gasteiger partial charge is 0.301 e. The zero-order chi connectivity index (χ0) is 27.9. The van der Waals surface area contributed by atoms with Gasteiger partial charge in [-0.25, -0.2) is 4.99 Å². The molecule has 38 heavy (non-hydrogen) atoms. The van der Waals surface area contributed by atoms with Crippen molar-refractivity contribution in [3.05, 3.63) is 44.6 Å². The van der Waals surface area contributed by atoms with E-state index in [9.17, 15) is 14.7 Å². The van der Waals surface area contributed by atoms with E-state index in [0.717, 1.165) is 0 Å². The Morgan fingerprint density at radius 1 is 0.895 bits per heavy atom. The number of nitrogens with one attached hydrogen (secondary N) is 1. The highest BCUT2D eigenvalue weighted by molar-refractivity contribution is 6.49. The maximum absolute atomic E-state index is 12.6. The van der Waals surface area contributed by atoms with Gasteiger partial charge in [0.1, 0.15) is 0 Å². The van der Waals surface area contributed by atoms with Crippen molar-refractivity contribution in [1.82, 2.24) is 5.32 Å². The van der Waals surface area contributed by atoms with Crippen LogP contribution in [0, 0.1) is 82.9 Å². The number of benzene rings is 1. The summed E-state index contributed by atoms with van der Waals surface area (Å²) in [6, 6.07) is 2.79. The number of carbonyl (C=O) groups is 2. The van der Waals surface area contributed by atoms with Gasteiger partial charge >= 0.3 is 5.91 Å². The van der Waals surface area contributed by atoms with E-state index >= 15 is 0 Å². The van der Waals surface area contributed by atoms with Crippen LogP contribution in [0.5, 0.6) is 5.75 Å². The van der Waals surface area contributed by atoms with Gasteiger partial charge in [0.2, 0.25) is 5.78 Å². The van der Waals surface area contributed by atoms with Gasteiger partial charge in [0, 0.05) is 11.5 Å². The Labute approximate surface area is 235 Å². The molecule has 1 amide bonds. The molecule has 5 nitrogen and oxygen atoms in total. The van der Waals surface area contributed by atoms with Gasteiger partial charge in [-0.05, 0) is 103 Å². The molecular formula is C30H13Cl3N2O3. The van der Waals surface area contributed by atoms with Crippen molar-refractivity contribution in [3.63, 3.8) is 0 Å². The van der Waals surface area contributed by atoms with E-state index in [-0.39, 0.29) is 26.5 Å². The Balaban J connectivity index is 2.17. The number of nitrogens with zero attached hydrogens (tertiary/aromatic N) is 1. The molecule has 1 aliphatic carbocycles. The van der Waals surface area contributed by atoms with Crippen LogP contribution in [0.4, 0.5) is 5.69 Å². The third kappa shape index (κ3) is 8.95. The Bertz CT molecular complexity index is 1730. The average Bonchev–Trinajstić information content (AvgIpc) is 2.88. The Kier molecular flexibility index (Phi) is 11.8. The lowest BCUT2D eigenvalue weighted by Gasteiger charge is -2.17. The van der Waals surface area contributed by atoms with Crippen LogP contribution in [0.15, 0.2) is 39.5 Å². The minimum absolute atomic E-state index is 0.000424. The SMILES string of the molecule is CC#CC#CC#CC#CC#CC#CC#CC(=O)NC1=CC(=Nc2cc(Cl)c(O)c(Cl)c2)C(CC)=C(Cl)C1=O. The number of ketones is 1. The van der Waals surface area contributed by atoms with Gasteiger partial charge < -0.3 is 10.4 Å². The van der Waals surface area contributed by atoms with Gasteiger partial charge in [-0.2, -0.15) is 0 Å². The normalized spacial score (nSPS) is 11.9. The number of halogens is 3. The molecule has 0 atom stereocenters. The monoisotopic (exact) mass is 554 g/mol. The summed E-state index contributed by atoms with van der Waals surface area (Å²) in [5.74, 6) is 32.6. The minimum Gasteiger partial charge on any atom is -0.505 e. The van der Waals surface area contributed by atoms with Crippen molar-refractivity contribution < 1.29 is 14.7 Å². The minimum atomic E-state index is -0.796. The third-order valence-electron chi connectivity index (χ3n) is 4.14. The molecule has 0 unspecified atom stereocenters. The lowest BCUT2D eigenvalue weighted by molar-refractivity contribution is -0.118. The van der Waals surface area contributed by atoms with Crippen LogP contribution in [0.2, 0.25) is 10.0 Å². The lowest BCUT2D eigenvalue weighted by atomic mass is 9.97. The average molecular weight is 556 g/mol. The van der Waals surface area contributed by atoms with Crippen molar-refractivity contribution in [1.29, 1.82) is 0 Å². The molecule has 182 valence electrons. The molecular weight excluding hydrogens is 543 g/mol. The fourth-order valence-corrected chi connectivity index (χ4v) is 3.37. The summed E-state index contributed by atoms with van der Waals surface area (Å²) in [6.45, 7) is 3.46. The summed E-state index contributed by atoms with van der Waals surface area (Å²) in [5.41, 5.74) is 0.943. The fraction of sp³-hybridized carbons (Fsp3) is 0.100. The number of phenolic OH excluding ortho intramolecular Hbond substituents is 1. The van der Waals surface area contributed by atoms with Crippen molar-refractivity contribution in [2.45, 2.75) is 20.3 Å². The molecule has 0 heterocycles. The largest absolute Gasteiger partial charge is 0.505 e. The molecule has 0 radical (unpaired) electrons. The Hall–Kier alpha value is -4.90. The van der Waals surface area contributed by atoms with Gasteiger partial charge in [-0.1, -0.05) is 47.6 Å². The van der Waals surface area contributed by atoms with Crippen molar-refractivity contribution in [2.24, 2.45) is 4.99 Å². The molecule has 0 aromatic heterocycles.